The summed E-state index contributed by atoms with van der Waals surface area (Å²) in [6.45, 7) is 3.52. The van der Waals surface area contributed by atoms with E-state index < -0.39 is 10.0 Å². The minimum atomic E-state index is -3.47. The van der Waals surface area contributed by atoms with E-state index in [0.717, 1.165) is 0 Å². The maximum atomic E-state index is 11.7. The fraction of sp³-hybridized carbons (Fsp3) is 0.571. The van der Waals surface area contributed by atoms with Crippen LogP contribution in [0.5, 0.6) is 0 Å². The Hall–Kier alpha value is -0.590. The average molecular weight is 238 g/mol. The van der Waals surface area contributed by atoms with Crippen LogP contribution in [0.1, 0.15) is 11.4 Å². The summed E-state index contributed by atoms with van der Waals surface area (Å²) in [7, 11) is -3.47. The molecule has 1 aromatic heterocycles. The van der Waals surface area contributed by atoms with Crippen LogP contribution in [0.3, 0.4) is 0 Å². The number of aromatic nitrogens is 2. The number of sulfonamides is 1. The average Bonchev–Trinajstić information content (AvgIpc) is 2.43. The van der Waals surface area contributed by atoms with Crippen molar-refractivity contribution in [3.05, 3.63) is 11.4 Å². The Morgan fingerprint density at radius 1 is 1.50 bits per heavy atom. The SMILES string of the molecule is Cc1n[nH]c(C)c1S(=O)(=O)NCCCl. The fourth-order valence-corrected chi connectivity index (χ4v) is 2.79. The molecule has 5 nitrogen and oxygen atoms in total. The summed E-state index contributed by atoms with van der Waals surface area (Å²) in [4.78, 5) is 0.211. The van der Waals surface area contributed by atoms with Crippen molar-refractivity contribution in [1.29, 1.82) is 0 Å². The van der Waals surface area contributed by atoms with Gasteiger partial charge in [-0.2, -0.15) is 5.10 Å². The number of nitrogens with zero attached hydrogens (tertiary/aromatic N) is 1. The van der Waals surface area contributed by atoms with E-state index in [1.54, 1.807) is 13.8 Å². The second-order valence-electron chi connectivity index (χ2n) is 2.85. The van der Waals surface area contributed by atoms with Crippen molar-refractivity contribution in [3.8, 4) is 0 Å². The quantitative estimate of drug-likeness (QED) is 0.751. The first-order chi connectivity index (χ1) is 6.49. The van der Waals surface area contributed by atoms with Gasteiger partial charge in [-0.1, -0.05) is 0 Å². The van der Waals surface area contributed by atoms with E-state index in [9.17, 15) is 8.42 Å². The predicted octanol–water partition coefficient (Wildman–Crippen LogP) is 0.544. The van der Waals surface area contributed by atoms with E-state index in [1.165, 1.54) is 0 Å². The van der Waals surface area contributed by atoms with Gasteiger partial charge < -0.3 is 0 Å². The lowest BCUT2D eigenvalue weighted by atomic mass is 10.4. The highest BCUT2D eigenvalue weighted by molar-refractivity contribution is 7.89. The van der Waals surface area contributed by atoms with Crippen molar-refractivity contribution >= 4 is 21.6 Å². The Morgan fingerprint density at radius 2 is 2.14 bits per heavy atom. The molecule has 0 spiro atoms. The zero-order chi connectivity index (χ0) is 10.8. The van der Waals surface area contributed by atoms with Crippen molar-refractivity contribution in [3.63, 3.8) is 0 Å². The minimum Gasteiger partial charge on any atom is -0.281 e. The monoisotopic (exact) mass is 237 g/mol. The Morgan fingerprint density at radius 3 is 2.57 bits per heavy atom. The Kier molecular flexibility index (Phi) is 3.52. The fourth-order valence-electron chi connectivity index (χ4n) is 1.18. The molecule has 0 aromatic carbocycles. The molecule has 0 aliphatic carbocycles. The molecule has 0 fully saturated rings. The normalized spacial score (nSPS) is 11.9. The highest BCUT2D eigenvalue weighted by atomic mass is 35.5. The summed E-state index contributed by atoms with van der Waals surface area (Å²) in [5, 5.41) is 6.43. The van der Waals surface area contributed by atoms with Gasteiger partial charge in [0.15, 0.2) is 0 Å². The van der Waals surface area contributed by atoms with E-state index in [4.69, 9.17) is 11.6 Å². The van der Waals surface area contributed by atoms with Crippen molar-refractivity contribution in [1.82, 2.24) is 14.9 Å². The molecule has 14 heavy (non-hydrogen) atoms. The number of aryl methyl sites for hydroxylation is 2. The number of hydrogen-bond donors (Lipinski definition) is 2. The molecule has 0 radical (unpaired) electrons. The van der Waals surface area contributed by atoms with Crippen molar-refractivity contribution in [2.24, 2.45) is 0 Å². The summed E-state index contributed by atoms with van der Waals surface area (Å²) in [6, 6.07) is 0. The molecule has 0 atom stereocenters. The largest absolute Gasteiger partial charge is 0.281 e. The molecule has 0 saturated heterocycles. The number of alkyl halides is 1. The van der Waals surface area contributed by atoms with Gasteiger partial charge in [0.25, 0.3) is 0 Å². The second-order valence-corrected chi connectivity index (χ2v) is 4.93. The van der Waals surface area contributed by atoms with Gasteiger partial charge in [-0.05, 0) is 13.8 Å². The minimum absolute atomic E-state index is 0.211. The molecule has 1 rings (SSSR count). The summed E-state index contributed by atoms with van der Waals surface area (Å²) in [6.07, 6.45) is 0. The molecule has 0 aliphatic rings. The Labute approximate surface area is 87.9 Å². The number of rotatable bonds is 4. The smallest absolute Gasteiger partial charge is 0.244 e. The molecule has 0 saturated carbocycles. The van der Waals surface area contributed by atoms with Gasteiger partial charge in [0.05, 0.1) is 11.4 Å². The van der Waals surface area contributed by atoms with Crippen LogP contribution in [0.25, 0.3) is 0 Å². The van der Waals surface area contributed by atoms with Crippen molar-refractivity contribution < 1.29 is 8.42 Å². The maximum Gasteiger partial charge on any atom is 0.244 e. The second kappa shape index (κ2) is 4.29. The first-order valence-corrected chi connectivity index (χ1v) is 6.08. The van der Waals surface area contributed by atoms with Gasteiger partial charge in [-0.15, -0.1) is 11.6 Å². The van der Waals surface area contributed by atoms with Crippen molar-refractivity contribution in [2.75, 3.05) is 12.4 Å². The molecule has 7 heteroatoms. The number of aromatic amines is 1. The molecule has 80 valence electrons. The van der Waals surface area contributed by atoms with Crippen LogP contribution in [-0.2, 0) is 10.0 Å². The van der Waals surface area contributed by atoms with E-state index in [1.807, 2.05) is 0 Å². The third-order valence-electron chi connectivity index (χ3n) is 1.72. The van der Waals surface area contributed by atoms with Gasteiger partial charge in [-0.25, -0.2) is 13.1 Å². The molecule has 0 bridgehead atoms. The van der Waals surface area contributed by atoms with Gasteiger partial charge in [-0.3, -0.25) is 5.10 Å². The summed E-state index contributed by atoms with van der Waals surface area (Å²) < 4.78 is 25.7. The third kappa shape index (κ3) is 2.26. The van der Waals surface area contributed by atoms with Gasteiger partial charge in [0.1, 0.15) is 4.90 Å². The van der Waals surface area contributed by atoms with Crippen LogP contribution in [0.2, 0.25) is 0 Å². The molecule has 1 heterocycles. The summed E-state index contributed by atoms with van der Waals surface area (Å²) in [5.74, 6) is 0.245. The zero-order valence-corrected chi connectivity index (χ0v) is 9.54. The van der Waals surface area contributed by atoms with Gasteiger partial charge in [0.2, 0.25) is 10.0 Å². The van der Waals surface area contributed by atoms with Gasteiger partial charge in [0, 0.05) is 12.4 Å². The van der Waals surface area contributed by atoms with Crippen LogP contribution in [-0.4, -0.2) is 31.0 Å². The Balaban J connectivity index is 3.04. The van der Waals surface area contributed by atoms with Crippen molar-refractivity contribution in [2.45, 2.75) is 18.7 Å². The van der Waals surface area contributed by atoms with E-state index in [2.05, 4.69) is 14.9 Å². The molecular formula is C7H12ClN3O2S. The topological polar surface area (TPSA) is 74.8 Å². The number of H-pyrrole nitrogens is 1. The van der Waals surface area contributed by atoms with Crippen LogP contribution < -0.4 is 4.72 Å². The van der Waals surface area contributed by atoms with E-state index in [0.29, 0.717) is 11.4 Å². The van der Waals surface area contributed by atoms with E-state index in [-0.39, 0.29) is 17.3 Å². The van der Waals surface area contributed by atoms with Crippen LogP contribution in [0, 0.1) is 13.8 Å². The molecule has 0 aliphatic heterocycles. The third-order valence-corrected chi connectivity index (χ3v) is 3.63. The lowest BCUT2D eigenvalue weighted by Gasteiger charge is -2.04. The van der Waals surface area contributed by atoms with Gasteiger partial charge >= 0.3 is 0 Å². The Bertz CT molecular complexity index is 393. The summed E-state index contributed by atoms with van der Waals surface area (Å²) in [5.41, 5.74) is 0.995. The first-order valence-electron chi connectivity index (χ1n) is 4.06. The molecular weight excluding hydrogens is 226 g/mol. The molecule has 0 unspecified atom stereocenters. The lowest BCUT2D eigenvalue weighted by molar-refractivity contribution is 0.583. The maximum absolute atomic E-state index is 11.7. The molecule has 1 aromatic rings. The number of nitrogens with one attached hydrogen (secondary N) is 2. The highest BCUT2D eigenvalue weighted by Gasteiger charge is 2.21. The number of halogens is 1. The number of hydrogen-bond acceptors (Lipinski definition) is 3. The van der Waals surface area contributed by atoms with E-state index >= 15 is 0 Å². The first kappa shape index (κ1) is 11.5. The summed E-state index contributed by atoms with van der Waals surface area (Å²) >= 11 is 5.40. The zero-order valence-electron chi connectivity index (χ0n) is 7.96. The van der Waals surface area contributed by atoms with Crippen LogP contribution >= 0.6 is 11.6 Å². The highest BCUT2D eigenvalue weighted by Crippen LogP contribution is 2.15. The van der Waals surface area contributed by atoms with Crippen LogP contribution in [0.15, 0.2) is 4.90 Å². The molecule has 0 amide bonds. The standard InChI is InChI=1S/C7H12ClN3O2S/c1-5-7(6(2)11-10-5)14(12,13)9-4-3-8/h9H,3-4H2,1-2H3,(H,10,11). The lowest BCUT2D eigenvalue weighted by Crippen LogP contribution is -2.26. The predicted molar refractivity (Wildman–Crippen MR) is 54.0 cm³/mol. The molecule has 2 N–H and O–H groups in total. The van der Waals surface area contributed by atoms with Crippen LogP contribution in [0.4, 0.5) is 0 Å².